The van der Waals surface area contributed by atoms with E-state index in [1.807, 2.05) is 49.4 Å². The zero-order chi connectivity index (χ0) is 18.6. The number of β-amino-alcohol motifs (C(OH)–C–C–N with tert-alkyl or cyclic N) is 1. The maximum atomic E-state index is 11.8. The zero-order valence-electron chi connectivity index (χ0n) is 15.6. The molecule has 3 rings (SSSR count). The molecule has 1 amide bonds. The van der Waals surface area contributed by atoms with Crippen LogP contribution < -0.4 is 5.32 Å². The van der Waals surface area contributed by atoms with E-state index < -0.39 is 6.10 Å². The van der Waals surface area contributed by atoms with Crippen LogP contribution in [-0.2, 0) is 10.3 Å². The Labute approximate surface area is 155 Å². The summed E-state index contributed by atoms with van der Waals surface area (Å²) in [6.07, 6.45) is 1.20. The SMILES string of the molecule is CC(=O)NC1(c2ccccc2)CCN(C[C@@H](O)c2ccc(C)cc2)CC1. The number of aryl methyl sites for hydroxylation is 1. The van der Waals surface area contributed by atoms with Gasteiger partial charge in [-0.05, 0) is 30.9 Å². The average Bonchev–Trinajstić information content (AvgIpc) is 2.64. The number of carbonyl (C=O) groups excluding carboxylic acids is 1. The Hall–Kier alpha value is -2.17. The molecule has 1 atom stereocenters. The van der Waals surface area contributed by atoms with Crippen LogP contribution in [0.1, 0.15) is 42.6 Å². The Bertz CT molecular complexity index is 720. The van der Waals surface area contributed by atoms with Crippen molar-refractivity contribution in [3.8, 4) is 0 Å². The fraction of sp³-hybridized carbons (Fsp3) is 0.409. The van der Waals surface area contributed by atoms with E-state index in [2.05, 4.69) is 22.3 Å². The lowest BCUT2D eigenvalue weighted by atomic mass is 9.80. The first-order valence-corrected chi connectivity index (χ1v) is 9.30. The Morgan fingerprint density at radius 3 is 2.31 bits per heavy atom. The molecule has 1 fully saturated rings. The second-order valence-electron chi connectivity index (χ2n) is 7.36. The van der Waals surface area contributed by atoms with Crippen LogP contribution >= 0.6 is 0 Å². The number of nitrogens with one attached hydrogen (secondary N) is 1. The number of hydrogen-bond acceptors (Lipinski definition) is 3. The topological polar surface area (TPSA) is 52.6 Å². The highest BCUT2D eigenvalue weighted by Gasteiger charge is 2.37. The maximum absolute atomic E-state index is 11.8. The summed E-state index contributed by atoms with van der Waals surface area (Å²) in [7, 11) is 0. The summed E-state index contributed by atoms with van der Waals surface area (Å²) < 4.78 is 0. The van der Waals surface area contributed by atoms with Gasteiger partial charge >= 0.3 is 0 Å². The van der Waals surface area contributed by atoms with Gasteiger partial charge in [-0.15, -0.1) is 0 Å². The van der Waals surface area contributed by atoms with Gasteiger partial charge in [0.25, 0.3) is 0 Å². The number of benzene rings is 2. The lowest BCUT2D eigenvalue weighted by Gasteiger charge is -2.43. The molecule has 2 N–H and O–H groups in total. The lowest BCUT2D eigenvalue weighted by Crippen LogP contribution is -2.53. The van der Waals surface area contributed by atoms with Gasteiger partial charge in [-0.25, -0.2) is 0 Å². The van der Waals surface area contributed by atoms with Crippen molar-refractivity contribution < 1.29 is 9.90 Å². The Balaban J connectivity index is 1.66. The molecule has 2 aromatic carbocycles. The van der Waals surface area contributed by atoms with Gasteiger partial charge in [-0.1, -0.05) is 60.2 Å². The van der Waals surface area contributed by atoms with E-state index in [1.165, 1.54) is 5.56 Å². The van der Waals surface area contributed by atoms with Crippen LogP contribution in [0.25, 0.3) is 0 Å². The van der Waals surface area contributed by atoms with Gasteiger partial charge in [0.2, 0.25) is 5.91 Å². The van der Waals surface area contributed by atoms with Crippen LogP contribution in [0.2, 0.25) is 0 Å². The minimum atomic E-state index is -0.486. The minimum absolute atomic E-state index is 0.00185. The summed E-state index contributed by atoms with van der Waals surface area (Å²) >= 11 is 0. The van der Waals surface area contributed by atoms with Crippen LogP contribution in [0, 0.1) is 6.92 Å². The normalized spacial score (nSPS) is 18.3. The highest BCUT2D eigenvalue weighted by atomic mass is 16.3. The van der Waals surface area contributed by atoms with Gasteiger partial charge in [0.15, 0.2) is 0 Å². The Kier molecular flexibility index (Phi) is 5.74. The predicted octanol–water partition coefficient (Wildman–Crippen LogP) is 3.16. The van der Waals surface area contributed by atoms with Crippen molar-refractivity contribution in [2.75, 3.05) is 19.6 Å². The fourth-order valence-corrected chi connectivity index (χ4v) is 3.84. The first kappa shape index (κ1) is 18.6. The molecule has 0 radical (unpaired) electrons. The summed E-state index contributed by atoms with van der Waals surface area (Å²) in [5.74, 6) is 0.00185. The molecule has 0 aliphatic carbocycles. The number of nitrogens with zero attached hydrogens (tertiary/aromatic N) is 1. The minimum Gasteiger partial charge on any atom is -0.387 e. The van der Waals surface area contributed by atoms with Gasteiger partial charge in [0, 0.05) is 26.6 Å². The molecule has 0 spiro atoms. The van der Waals surface area contributed by atoms with Crippen molar-refractivity contribution in [3.63, 3.8) is 0 Å². The molecule has 1 heterocycles. The zero-order valence-corrected chi connectivity index (χ0v) is 15.6. The number of aliphatic hydroxyl groups is 1. The molecule has 0 unspecified atom stereocenters. The highest BCUT2D eigenvalue weighted by Crippen LogP contribution is 2.33. The molecule has 1 aliphatic heterocycles. The number of carbonyl (C=O) groups is 1. The van der Waals surface area contributed by atoms with Crippen LogP contribution in [0.5, 0.6) is 0 Å². The lowest BCUT2D eigenvalue weighted by molar-refractivity contribution is -0.121. The standard InChI is InChI=1S/C22H28N2O2/c1-17-8-10-19(11-9-17)21(26)16-24-14-12-22(13-15-24,23-18(2)25)20-6-4-3-5-7-20/h3-11,21,26H,12-16H2,1-2H3,(H,23,25)/t21-/m1/s1. The maximum Gasteiger partial charge on any atom is 0.217 e. The van der Waals surface area contributed by atoms with Crippen molar-refractivity contribution >= 4 is 5.91 Å². The number of likely N-dealkylation sites (tertiary alicyclic amines) is 1. The highest BCUT2D eigenvalue weighted by molar-refractivity contribution is 5.74. The molecule has 0 aromatic heterocycles. The van der Waals surface area contributed by atoms with Crippen molar-refractivity contribution in [2.24, 2.45) is 0 Å². The van der Waals surface area contributed by atoms with Gasteiger partial charge in [0.05, 0.1) is 11.6 Å². The molecular formula is C22H28N2O2. The summed E-state index contributed by atoms with van der Waals surface area (Å²) in [4.78, 5) is 14.1. The predicted molar refractivity (Wildman–Crippen MR) is 104 cm³/mol. The smallest absolute Gasteiger partial charge is 0.217 e. The van der Waals surface area contributed by atoms with E-state index in [9.17, 15) is 9.90 Å². The average molecular weight is 352 g/mol. The fourth-order valence-electron chi connectivity index (χ4n) is 3.84. The number of hydrogen-bond donors (Lipinski definition) is 2. The largest absolute Gasteiger partial charge is 0.387 e. The Morgan fingerprint density at radius 1 is 1.12 bits per heavy atom. The monoisotopic (exact) mass is 352 g/mol. The summed E-state index contributed by atoms with van der Waals surface area (Å²) in [5.41, 5.74) is 3.01. The van der Waals surface area contributed by atoms with Crippen LogP contribution in [-0.4, -0.2) is 35.5 Å². The number of amides is 1. The van der Waals surface area contributed by atoms with E-state index in [4.69, 9.17) is 0 Å². The van der Waals surface area contributed by atoms with E-state index in [1.54, 1.807) is 6.92 Å². The number of piperidine rings is 1. The van der Waals surface area contributed by atoms with Crippen molar-refractivity contribution in [3.05, 3.63) is 71.3 Å². The van der Waals surface area contributed by atoms with E-state index >= 15 is 0 Å². The number of rotatable bonds is 5. The Morgan fingerprint density at radius 2 is 1.73 bits per heavy atom. The van der Waals surface area contributed by atoms with Gasteiger partial charge in [-0.2, -0.15) is 0 Å². The summed E-state index contributed by atoms with van der Waals surface area (Å²) in [6.45, 7) is 5.94. The third kappa shape index (κ3) is 4.32. The molecule has 2 aromatic rings. The molecule has 138 valence electrons. The van der Waals surface area contributed by atoms with E-state index in [-0.39, 0.29) is 11.4 Å². The van der Waals surface area contributed by atoms with Gasteiger partial charge in [-0.3, -0.25) is 4.79 Å². The van der Waals surface area contributed by atoms with Crippen LogP contribution in [0.15, 0.2) is 54.6 Å². The second kappa shape index (κ2) is 8.02. The van der Waals surface area contributed by atoms with Crippen molar-refractivity contribution in [2.45, 2.75) is 38.3 Å². The summed E-state index contributed by atoms with van der Waals surface area (Å²) in [6, 6.07) is 18.3. The van der Waals surface area contributed by atoms with Crippen LogP contribution in [0.4, 0.5) is 0 Å². The number of aliphatic hydroxyl groups excluding tert-OH is 1. The molecule has 4 nitrogen and oxygen atoms in total. The quantitative estimate of drug-likeness (QED) is 0.869. The van der Waals surface area contributed by atoms with E-state index in [0.717, 1.165) is 37.1 Å². The van der Waals surface area contributed by atoms with Gasteiger partial charge < -0.3 is 15.3 Å². The van der Waals surface area contributed by atoms with Crippen LogP contribution in [0.3, 0.4) is 0 Å². The van der Waals surface area contributed by atoms with Gasteiger partial charge in [0.1, 0.15) is 0 Å². The second-order valence-corrected chi connectivity index (χ2v) is 7.36. The third-order valence-corrected chi connectivity index (χ3v) is 5.34. The molecule has 0 saturated carbocycles. The molecule has 1 aliphatic rings. The van der Waals surface area contributed by atoms with E-state index in [0.29, 0.717) is 6.54 Å². The first-order valence-electron chi connectivity index (χ1n) is 9.30. The molecule has 4 heteroatoms. The molecular weight excluding hydrogens is 324 g/mol. The van der Waals surface area contributed by atoms with Crippen molar-refractivity contribution in [1.82, 2.24) is 10.2 Å². The molecule has 0 bridgehead atoms. The first-order chi connectivity index (χ1) is 12.5. The third-order valence-electron chi connectivity index (χ3n) is 5.34. The van der Waals surface area contributed by atoms with Crippen molar-refractivity contribution in [1.29, 1.82) is 0 Å². The summed E-state index contributed by atoms with van der Waals surface area (Å²) in [5, 5.41) is 13.7. The molecule has 26 heavy (non-hydrogen) atoms. The molecule has 1 saturated heterocycles.